The lowest BCUT2D eigenvalue weighted by Gasteiger charge is -2.16. The standard InChI is InChI=1S/C13H22N4O4/c1-8(2)14-12(18)9(3)17-10(6-7-20-4)11(15-16-17)13(19)21-5/h8-9H,6-7H2,1-5H3,(H,14,18). The van der Waals surface area contributed by atoms with Crippen molar-refractivity contribution in [3.63, 3.8) is 0 Å². The van der Waals surface area contributed by atoms with Crippen LogP contribution in [0.4, 0.5) is 0 Å². The summed E-state index contributed by atoms with van der Waals surface area (Å²) in [6, 6.07) is -0.559. The van der Waals surface area contributed by atoms with Gasteiger partial charge >= 0.3 is 5.97 Å². The molecule has 0 aromatic carbocycles. The van der Waals surface area contributed by atoms with Crippen LogP contribution in [0.5, 0.6) is 0 Å². The van der Waals surface area contributed by atoms with Gasteiger partial charge < -0.3 is 14.8 Å². The van der Waals surface area contributed by atoms with Crippen molar-refractivity contribution in [2.24, 2.45) is 0 Å². The van der Waals surface area contributed by atoms with E-state index in [1.165, 1.54) is 11.8 Å². The van der Waals surface area contributed by atoms with Crippen LogP contribution in [0.1, 0.15) is 43.0 Å². The maximum atomic E-state index is 12.1. The highest BCUT2D eigenvalue weighted by molar-refractivity contribution is 5.88. The summed E-state index contributed by atoms with van der Waals surface area (Å²) in [4.78, 5) is 23.8. The van der Waals surface area contributed by atoms with E-state index in [1.807, 2.05) is 13.8 Å². The van der Waals surface area contributed by atoms with Gasteiger partial charge in [0.05, 0.1) is 19.4 Å². The van der Waals surface area contributed by atoms with Crippen molar-refractivity contribution >= 4 is 11.9 Å². The van der Waals surface area contributed by atoms with Crippen molar-refractivity contribution in [3.05, 3.63) is 11.4 Å². The van der Waals surface area contributed by atoms with Gasteiger partial charge in [-0.1, -0.05) is 5.21 Å². The highest BCUT2D eigenvalue weighted by Gasteiger charge is 2.26. The van der Waals surface area contributed by atoms with Crippen LogP contribution in [-0.4, -0.2) is 53.7 Å². The molecule has 1 N–H and O–H groups in total. The number of rotatable bonds is 7. The van der Waals surface area contributed by atoms with E-state index in [2.05, 4.69) is 20.4 Å². The van der Waals surface area contributed by atoms with Gasteiger partial charge in [-0.2, -0.15) is 0 Å². The molecule has 0 saturated carbocycles. The van der Waals surface area contributed by atoms with Crippen molar-refractivity contribution in [2.75, 3.05) is 20.8 Å². The van der Waals surface area contributed by atoms with Crippen molar-refractivity contribution in [3.8, 4) is 0 Å². The highest BCUT2D eigenvalue weighted by atomic mass is 16.5. The van der Waals surface area contributed by atoms with E-state index in [4.69, 9.17) is 4.74 Å². The largest absolute Gasteiger partial charge is 0.464 e. The predicted octanol–water partition coefficient (Wildman–Crippen LogP) is 0.339. The fraction of sp³-hybridized carbons (Fsp3) is 0.692. The molecule has 0 fully saturated rings. The molecule has 0 aliphatic rings. The summed E-state index contributed by atoms with van der Waals surface area (Å²) >= 11 is 0. The Labute approximate surface area is 123 Å². The van der Waals surface area contributed by atoms with Gasteiger partial charge in [-0.05, 0) is 20.8 Å². The number of methoxy groups -OCH3 is 2. The molecule has 1 aromatic heterocycles. The Balaban J connectivity index is 3.07. The summed E-state index contributed by atoms with van der Waals surface area (Å²) in [7, 11) is 2.83. The third kappa shape index (κ3) is 4.25. The quantitative estimate of drug-likeness (QED) is 0.729. The van der Waals surface area contributed by atoms with Crippen molar-refractivity contribution < 1.29 is 19.1 Å². The second-order valence-electron chi connectivity index (χ2n) is 4.90. The van der Waals surface area contributed by atoms with Gasteiger partial charge in [0.25, 0.3) is 0 Å². The number of carbonyl (C=O) groups excluding carboxylic acids is 2. The van der Waals surface area contributed by atoms with E-state index < -0.39 is 12.0 Å². The van der Waals surface area contributed by atoms with Crippen LogP contribution in [0.3, 0.4) is 0 Å². The van der Waals surface area contributed by atoms with Crippen molar-refractivity contribution in [2.45, 2.75) is 39.3 Å². The summed E-state index contributed by atoms with van der Waals surface area (Å²) in [5.41, 5.74) is 0.633. The summed E-state index contributed by atoms with van der Waals surface area (Å²) in [6.45, 7) is 5.83. The molecule has 8 nitrogen and oxygen atoms in total. The molecule has 0 aliphatic carbocycles. The molecule has 1 aromatic rings. The SMILES string of the molecule is COCCc1c(C(=O)OC)nnn1C(C)C(=O)NC(C)C. The van der Waals surface area contributed by atoms with E-state index in [-0.39, 0.29) is 17.6 Å². The molecular formula is C13H22N4O4. The second kappa shape index (κ2) is 7.72. The Kier molecular flexibility index (Phi) is 6.29. The van der Waals surface area contributed by atoms with Crippen LogP contribution in [-0.2, 0) is 20.7 Å². The topological polar surface area (TPSA) is 95.3 Å². The first-order valence-electron chi connectivity index (χ1n) is 6.74. The zero-order valence-corrected chi connectivity index (χ0v) is 13.0. The Hall–Kier alpha value is -1.96. The van der Waals surface area contributed by atoms with Crippen LogP contribution < -0.4 is 5.32 Å². The number of aromatic nitrogens is 3. The molecule has 1 atom stereocenters. The van der Waals surface area contributed by atoms with Crippen LogP contribution in [0.15, 0.2) is 0 Å². The zero-order chi connectivity index (χ0) is 16.0. The maximum Gasteiger partial charge on any atom is 0.360 e. The summed E-state index contributed by atoms with van der Waals surface area (Å²) in [6.07, 6.45) is 0.410. The fourth-order valence-electron chi connectivity index (χ4n) is 1.83. The van der Waals surface area contributed by atoms with E-state index >= 15 is 0 Å². The molecule has 1 heterocycles. The van der Waals surface area contributed by atoms with E-state index in [9.17, 15) is 9.59 Å². The average Bonchev–Trinajstić information content (AvgIpc) is 2.86. The minimum absolute atomic E-state index is 0.0194. The van der Waals surface area contributed by atoms with E-state index in [0.29, 0.717) is 18.7 Å². The number of hydrogen-bond acceptors (Lipinski definition) is 6. The summed E-state index contributed by atoms with van der Waals surface area (Å²) < 4.78 is 11.1. The lowest BCUT2D eigenvalue weighted by atomic mass is 10.2. The average molecular weight is 298 g/mol. The molecule has 118 valence electrons. The molecule has 0 spiro atoms. The maximum absolute atomic E-state index is 12.1. The van der Waals surface area contributed by atoms with Gasteiger partial charge in [-0.3, -0.25) is 4.79 Å². The van der Waals surface area contributed by atoms with Gasteiger partial charge in [0.2, 0.25) is 5.91 Å². The molecule has 0 saturated heterocycles. The van der Waals surface area contributed by atoms with Crippen LogP contribution in [0, 0.1) is 0 Å². The molecule has 8 heteroatoms. The Bertz CT molecular complexity index is 498. The number of nitrogens with one attached hydrogen (secondary N) is 1. The molecule has 1 amide bonds. The third-order valence-corrected chi connectivity index (χ3v) is 2.89. The van der Waals surface area contributed by atoms with Gasteiger partial charge in [0, 0.05) is 19.6 Å². The van der Waals surface area contributed by atoms with E-state index in [0.717, 1.165) is 0 Å². The van der Waals surface area contributed by atoms with Gasteiger partial charge in [-0.15, -0.1) is 5.10 Å². The molecule has 1 rings (SSSR count). The number of ether oxygens (including phenoxy) is 2. The van der Waals surface area contributed by atoms with Gasteiger partial charge in [0.15, 0.2) is 5.69 Å². The number of carbonyl (C=O) groups is 2. The lowest BCUT2D eigenvalue weighted by molar-refractivity contribution is -0.124. The monoisotopic (exact) mass is 298 g/mol. The third-order valence-electron chi connectivity index (χ3n) is 2.89. The minimum atomic E-state index is -0.580. The molecule has 1 unspecified atom stereocenters. The number of hydrogen-bond donors (Lipinski definition) is 1. The van der Waals surface area contributed by atoms with Crippen molar-refractivity contribution in [1.29, 1.82) is 0 Å². The predicted molar refractivity (Wildman–Crippen MR) is 74.9 cm³/mol. The van der Waals surface area contributed by atoms with Gasteiger partial charge in [0.1, 0.15) is 6.04 Å². The van der Waals surface area contributed by atoms with Crippen LogP contribution >= 0.6 is 0 Å². The zero-order valence-electron chi connectivity index (χ0n) is 13.0. The first-order chi connectivity index (χ1) is 9.92. The highest BCUT2D eigenvalue weighted by Crippen LogP contribution is 2.14. The molecule has 0 bridgehead atoms. The van der Waals surface area contributed by atoms with Crippen LogP contribution in [0.2, 0.25) is 0 Å². The first kappa shape index (κ1) is 17.1. The lowest BCUT2D eigenvalue weighted by Crippen LogP contribution is -2.36. The van der Waals surface area contributed by atoms with E-state index in [1.54, 1.807) is 14.0 Å². The Morgan fingerprint density at radius 2 is 1.95 bits per heavy atom. The second-order valence-corrected chi connectivity index (χ2v) is 4.90. The Morgan fingerprint density at radius 1 is 1.29 bits per heavy atom. The van der Waals surface area contributed by atoms with Crippen LogP contribution in [0.25, 0.3) is 0 Å². The summed E-state index contributed by atoms with van der Waals surface area (Å²) in [5.74, 6) is -0.770. The Morgan fingerprint density at radius 3 is 2.48 bits per heavy atom. The molecule has 0 aliphatic heterocycles. The molecule has 0 radical (unpaired) electrons. The number of nitrogens with zero attached hydrogens (tertiary/aromatic N) is 3. The fourth-order valence-corrected chi connectivity index (χ4v) is 1.83. The smallest absolute Gasteiger partial charge is 0.360 e. The minimum Gasteiger partial charge on any atom is -0.464 e. The summed E-state index contributed by atoms with van der Waals surface area (Å²) in [5, 5.41) is 10.5. The number of amides is 1. The molecule has 21 heavy (non-hydrogen) atoms. The first-order valence-corrected chi connectivity index (χ1v) is 6.74. The molecular weight excluding hydrogens is 276 g/mol. The van der Waals surface area contributed by atoms with Gasteiger partial charge in [-0.25, -0.2) is 9.48 Å². The van der Waals surface area contributed by atoms with Crippen molar-refractivity contribution in [1.82, 2.24) is 20.3 Å². The normalized spacial score (nSPS) is 12.3. The number of esters is 1.